The molecule has 0 fully saturated rings. The molecule has 1 unspecified atom stereocenters. The monoisotopic (exact) mass is 295 g/mol. The Morgan fingerprint density at radius 3 is 2.50 bits per heavy atom. The van der Waals surface area contributed by atoms with E-state index in [1.165, 1.54) is 7.11 Å². The summed E-state index contributed by atoms with van der Waals surface area (Å²) in [6.07, 6.45) is 0.970. The Kier molecular flexibility index (Phi) is 7.10. The Labute approximate surface area is 126 Å². The average Bonchev–Trinajstić information content (AvgIpc) is 2.48. The lowest BCUT2D eigenvalue weighted by molar-refractivity contribution is -0.148. The van der Waals surface area contributed by atoms with Crippen LogP contribution in [0.1, 0.15) is 32.8 Å². The van der Waals surface area contributed by atoms with Crippen LogP contribution in [0.3, 0.4) is 0 Å². The summed E-state index contributed by atoms with van der Waals surface area (Å²) in [6.45, 7) is 7.15. The maximum absolute atomic E-state index is 12.5. The molecule has 0 aromatic heterocycles. The van der Waals surface area contributed by atoms with Crippen LogP contribution < -0.4 is 5.32 Å². The number of carbonyl (C=O) groups is 1. The van der Waals surface area contributed by atoms with Crippen LogP contribution in [0, 0.1) is 0 Å². The van der Waals surface area contributed by atoms with E-state index in [9.17, 15) is 4.79 Å². The van der Waals surface area contributed by atoms with Crippen LogP contribution in [0.25, 0.3) is 0 Å². The lowest BCUT2D eigenvalue weighted by Gasteiger charge is -2.33. The number of carbonyl (C=O) groups excluding carboxylic acids is 1. The van der Waals surface area contributed by atoms with E-state index >= 15 is 0 Å². The standard InChI is InChI=1S/C16H25NO2S/c1-5-11-17-16(15(18)19-4,12-20-13(2)3)14-9-7-6-8-10-14/h6-10,13,17H,5,11-12H2,1-4H3. The Morgan fingerprint density at radius 1 is 1.35 bits per heavy atom. The predicted octanol–water partition coefficient (Wildman–Crippen LogP) is 3.20. The summed E-state index contributed by atoms with van der Waals surface area (Å²) in [6, 6.07) is 9.85. The molecule has 1 atom stereocenters. The number of nitrogens with one attached hydrogen (secondary N) is 1. The van der Waals surface area contributed by atoms with Crippen molar-refractivity contribution in [1.82, 2.24) is 5.32 Å². The molecule has 0 aliphatic rings. The first-order valence-corrected chi connectivity index (χ1v) is 8.12. The summed E-state index contributed by atoms with van der Waals surface area (Å²) < 4.78 is 5.08. The van der Waals surface area contributed by atoms with E-state index in [1.807, 2.05) is 30.3 Å². The maximum Gasteiger partial charge on any atom is 0.331 e. The number of ether oxygens (including phenoxy) is 1. The Balaban J connectivity index is 3.14. The quantitative estimate of drug-likeness (QED) is 0.748. The highest BCUT2D eigenvalue weighted by atomic mass is 32.2. The van der Waals surface area contributed by atoms with Gasteiger partial charge in [-0.3, -0.25) is 5.32 Å². The Hall–Kier alpha value is -1.00. The lowest BCUT2D eigenvalue weighted by Crippen LogP contribution is -2.52. The molecule has 1 aromatic carbocycles. The van der Waals surface area contributed by atoms with Gasteiger partial charge in [0.25, 0.3) is 0 Å². The van der Waals surface area contributed by atoms with Crippen molar-refractivity contribution in [3.05, 3.63) is 35.9 Å². The summed E-state index contributed by atoms with van der Waals surface area (Å²) in [4.78, 5) is 12.5. The second kappa shape index (κ2) is 8.32. The summed E-state index contributed by atoms with van der Waals surface area (Å²) in [5, 5.41) is 3.87. The maximum atomic E-state index is 12.5. The van der Waals surface area contributed by atoms with E-state index in [-0.39, 0.29) is 5.97 Å². The van der Waals surface area contributed by atoms with Gasteiger partial charge >= 0.3 is 5.97 Å². The minimum atomic E-state index is -0.763. The summed E-state index contributed by atoms with van der Waals surface area (Å²) in [7, 11) is 1.45. The van der Waals surface area contributed by atoms with Gasteiger partial charge in [0.15, 0.2) is 5.54 Å². The molecule has 4 heteroatoms. The number of esters is 1. The molecule has 0 aliphatic carbocycles. The molecule has 0 saturated carbocycles. The summed E-state index contributed by atoms with van der Waals surface area (Å²) in [5.41, 5.74) is 0.203. The second-order valence-corrected chi connectivity index (χ2v) is 6.61. The molecule has 0 amide bonds. The summed E-state index contributed by atoms with van der Waals surface area (Å²) in [5.74, 6) is 0.451. The van der Waals surface area contributed by atoms with Crippen molar-refractivity contribution in [1.29, 1.82) is 0 Å². The highest BCUT2D eigenvalue weighted by molar-refractivity contribution is 7.99. The fourth-order valence-corrected chi connectivity index (χ4v) is 2.98. The van der Waals surface area contributed by atoms with Crippen LogP contribution in [0.15, 0.2) is 30.3 Å². The lowest BCUT2D eigenvalue weighted by atomic mass is 9.91. The third-order valence-corrected chi connectivity index (χ3v) is 4.38. The highest BCUT2D eigenvalue weighted by Crippen LogP contribution is 2.29. The van der Waals surface area contributed by atoms with Gasteiger partial charge in [-0.1, -0.05) is 51.1 Å². The zero-order chi connectivity index (χ0) is 15.0. The second-order valence-electron chi connectivity index (χ2n) is 5.05. The van der Waals surface area contributed by atoms with Gasteiger partial charge in [0.1, 0.15) is 0 Å². The van der Waals surface area contributed by atoms with Crippen molar-refractivity contribution in [2.24, 2.45) is 0 Å². The predicted molar refractivity (Wildman–Crippen MR) is 86.0 cm³/mol. The normalized spacial score (nSPS) is 14.1. The van der Waals surface area contributed by atoms with Gasteiger partial charge in [0.2, 0.25) is 0 Å². The van der Waals surface area contributed by atoms with Gasteiger partial charge in [-0.05, 0) is 23.8 Å². The van der Waals surface area contributed by atoms with Gasteiger partial charge in [-0.15, -0.1) is 0 Å². The molecule has 0 aliphatic heterocycles. The van der Waals surface area contributed by atoms with Crippen LogP contribution in [0.5, 0.6) is 0 Å². The van der Waals surface area contributed by atoms with Gasteiger partial charge in [-0.2, -0.15) is 11.8 Å². The van der Waals surface area contributed by atoms with Crippen LogP contribution >= 0.6 is 11.8 Å². The van der Waals surface area contributed by atoms with Crippen LogP contribution in [-0.2, 0) is 15.1 Å². The molecule has 0 radical (unpaired) electrons. The summed E-state index contributed by atoms with van der Waals surface area (Å²) >= 11 is 1.76. The van der Waals surface area contributed by atoms with Crippen molar-refractivity contribution < 1.29 is 9.53 Å². The number of hydrogen-bond acceptors (Lipinski definition) is 4. The SMILES string of the molecule is CCCNC(CSC(C)C)(C(=O)OC)c1ccccc1. The smallest absolute Gasteiger partial charge is 0.331 e. The molecule has 1 rings (SSSR count). The minimum Gasteiger partial charge on any atom is -0.467 e. The van der Waals surface area contributed by atoms with Crippen LogP contribution in [0.4, 0.5) is 0 Å². The first-order valence-electron chi connectivity index (χ1n) is 7.07. The van der Waals surface area contributed by atoms with Crippen molar-refractivity contribution in [2.45, 2.75) is 38.0 Å². The fourth-order valence-electron chi connectivity index (χ4n) is 2.01. The zero-order valence-corrected chi connectivity index (χ0v) is 13.6. The molecule has 112 valence electrons. The van der Waals surface area contributed by atoms with E-state index in [0.29, 0.717) is 11.0 Å². The largest absolute Gasteiger partial charge is 0.467 e. The first kappa shape index (κ1) is 17.1. The number of hydrogen-bond donors (Lipinski definition) is 1. The average molecular weight is 295 g/mol. The van der Waals surface area contributed by atoms with E-state index in [0.717, 1.165) is 18.5 Å². The van der Waals surface area contributed by atoms with E-state index in [2.05, 4.69) is 26.1 Å². The highest BCUT2D eigenvalue weighted by Gasteiger charge is 2.40. The van der Waals surface area contributed by atoms with Crippen molar-refractivity contribution in [3.8, 4) is 0 Å². The van der Waals surface area contributed by atoms with Gasteiger partial charge in [0.05, 0.1) is 7.11 Å². The zero-order valence-electron chi connectivity index (χ0n) is 12.8. The van der Waals surface area contributed by atoms with Crippen LogP contribution in [-0.4, -0.2) is 30.6 Å². The molecule has 0 bridgehead atoms. The van der Waals surface area contributed by atoms with Crippen molar-refractivity contribution in [3.63, 3.8) is 0 Å². The van der Waals surface area contributed by atoms with E-state index in [1.54, 1.807) is 11.8 Å². The molecule has 20 heavy (non-hydrogen) atoms. The first-order chi connectivity index (χ1) is 9.56. The third-order valence-electron chi connectivity index (χ3n) is 3.11. The topological polar surface area (TPSA) is 38.3 Å². The van der Waals surface area contributed by atoms with Gasteiger partial charge < -0.3 is 4.74 Å². The molecule has 0 spiro atoms. The van der Waals surface area contributed by atoms with Crippen molar-refractivity contribution in [2.75, 3.05) is 19.4 Å². The Morgan fingerprint density at radius 2 is 2.00 bits per heavy atom. The van der Waals surface area contributed by atoms with Crippen LogP contribution in [0.2, 0.25) is 0 Å². The molecule has 0 heterocycles. The number of thioether (sulfide) groups is 1. The van der Waals surface area contributed by atoms with Crippen molar-refractivity contribution >= 4 is 17.7 Å². The van der Waals surface area contributed by atoms with Gasteiger partial charge in [-0.25, -0.2) is 4.79 Å². The number of benzene rings is 1. The molecular formula is C16H25NO2S. The molecule has 1 N–H and O–H groups in total. The Bertz CT molecular complexity index is 408. The number of methoxy groups -OCH3 is 1. The van der Waals surface area contributed by atoms with E-state index in [4.69, 9.17) is 4.74 Å². The number of rotatable bonds is 8. The van der Waals surface area contributed by atoms with Gasteiger partial charge in [0, 0.05) is 5.75 Å². The molecule has 0 saturated heterocycles. The molecular weight excluding hydrogens is 270 g/mol. The molecule has 3 nitrogen and oxygen atoms in total. The molecule has 1 aromatic rings. The minimum absolute atomic E-state index is 0.217. The fraction of sp³-hybridized carbons (Fsp3) is 0.562. The third kappa shape index (κ3) is 4.25. The van der Waals surface area contributed by atoms with E-state index < -0.39 is 5.54 Å².